The van der Waals surface area contributed by atoms with Crippen LogP contribution in [0.15, 0.2) is 0 Å². The van der Waals surface area contributed by atoms with Gasteiger partial charge in [-0.1, -0.05) is 45.4 Å². The van der Waals surface area contributed by atoms with Crippen molar-refractivity contribution in [2.45, 2.75) is 64.1 Å². The van der Waals surface area contributed by atoms with Crippen LogP contribution in [0.5, 0.6) is 0 Å². The maximum Gasteiger partial charge on any atom is 0.403 e. The fraction of sp³-hybridized carbons (Fsp3) is 1.00. The van der Waals surface area contributed by atoms with Crippen LogP contribution in [-0.2, 0) is 0 Å². The van der Waals surface area contributed by atoms with Gasteiger partial charge in [0.05, 0.1) is 0 Å². The fourth-order valence-corrected chi connectivity index (χ4v) is 1.31. The molecule has 1 unspecified atom stereocenters. The van der Waals surface area contributed by atoms with Crippen LogP contribution in [0.25, 0.3) is 0 Å². The number of rotatable bonds is 7. The quantitative estimate of drug-likeness (QED) is 0.639. The van der Waals surface area contributed by atoms with Gasteiger partial charge in [-0.15, -0.1) is 0 Å². The molecule has 1 atom stereocenters. The summed E-state index contributed by atoms with van der Waals surface area (Å²) in [5.74, 6) is 0. The van der Waals surface area contributed by atoms with Gasteiger partial charge in [0.25, 0.3) is 0 Å². The third-order valence-corrected chi connectivity index (χ3v) is 2.29. The van der Waals surface area contributed by atoms with Gasteiger partial charge in [0.15, 0.2) is 0 Å². The lowest BCUT2D eigenvalue weighted by molar-refractivity contribution is -0.149. The van der Waals surface area contributed by atoms with E-state index in [0.29, 0.717) is 6.42 Å². The van der Waals surface area contributed by atoms with Gasteiger partial charge in [-0.05, 0) is 6.42 Å². The summed E-state index contributed by atoms with van der Waals surface area (Å²) in [6, 6.07) is -1.63. The van der Waals surface area contributed by atoms with Crippen LogP contribution in [-0.4, -0.2) is 12.2 Å². The van der Waals surface area contributed by atoms with Crippen molar-refractivity contribution < 1.29 is 13.2 Å². The van der Waals surface area contributed by atoms with Crippen molar-refractivity contribution in [3.05, 3.63) is 0 Å². The molecule has 0 aliphatic rings. The van der Waals surface area contributed by atoms with Crippen molar-refractivity contribution in [2.75, 3.05) is 0 Å². The van der Waals surface area contributed by atoms with Gasteiger partial charge < -0.3 is 5.73 Å². The zero-order valence-corrected chi connectivity index (χ0v) is 8.74. The second-order valence-corrected chi connectivity index (χ2v) is 3.70. The van der Waals surface area contributed by atoms with E-state index in [1.54, 1.807) is 0 Å². The Hall–Kier alpha value is -0.250. The van der Waals surface area contributed by atoms with E-state index in [0.717, 1.165) is 25.7 Å². The smallest absolute Gasteiger partial charge is 0.320 e. The molecule has 1 nitrogen and oxygen atoms in total. The van der Waals surface area contributed by atoms with E-state index in [1.165, 1.54) is 6.42 Å². The van der Waals surface area contributed by atoms with Gasteiger partial charge in [-0.25, -0.2) is 0 Å². The molecule has 86 valence electrons. The molecule has 0 spiro atoms. The van der Waals surface area contributed by atoms with Crippen LogP contribution < -0.4 is 5.73 Å². The largest absolute Gasteiger partial charge is 0.403 e. The van der Waals surface area contributed by atoms with Crippen molar-refractivity contribution in [1.82, 2.24) is 0 Å². The lowest BCUT2D eigenvalue weighted by Crippen LogP contribution is -2.37. The molecule has 0 saturated heterocycles. The maximum absolute atomic E-state index is 12.0. The monoisotopic (exact) mass is 211 g/mol. The van der Waals surface area contributed by atoms with Crippen LogP contribution in [0.3, 0.4) is 0 Å². The van der Waals surface area contributed by atoms with Gasteiger partial charge in [-0.2, -0.15) is 13.2 Å². The Balaban J connectivity index is 3.28. The molecule has 2 N–H and O–H groups in total. The number of alkyl halides is 3. The average molecular weight is 211 g/mol. The summed E-state index contributed by atoms with van der Waals surface area (Å²) in [6.45, 7) is 2.11. The van der Waals surface area contributed by atoms with Crippen molar-refractivity contribution in [2.24, 2.45) is 5.73 Å². The Morgan fingerprint density at radius 1 is 1.00 bits per heavy atom. The highest BCUT2D eigenvalue weighted by atomic mass is 19.4. The molecule has 0 saturated carbocycles. The number of hydrogen-bond acceptors (Lipinski definition) is 1. The van der Waals surface area contributed by atoms with Crippen molar-refractivity contribution >= 4 is 0 Å². The van der Waals surface area contributed by atoms with Crippen LogP contribution >= 0.6 is 0 Å². The highest BCUT2D eigenvalue weighted by molar-refractivity contribution is 4.69. The van der Waals surface area contributed by atoms with Gasteiger partial charge in [0.2, 0.25) is 0 Å². The van der Waals surface area contributed by atoms with Crippen LogP contribution in [0, 0.1) is 0 Å². The second-order valence-electron chi connectivity index (χ2n) is 3.70. The summed E-state index contributed by atoms with van der Waals surface area (Å²) in [5.41, 5.74) is 4.97. The molecule has 0 rings (SSSR count). The Morgan fingerprint density at radius 3 is 2.00 bits per heavy atom. The normalized spacial score (nSPS) is 14.4. The molecule has 0 fully saturated rings. The summed E-state index contributed by atoms with van der Waals surface area (Å²) in [6.07, 6.45) is 1.77. The average Bonchev–Trinajstić information content (AvgIpc) is 2.09. The minimum atomic E-state index is -4.22. The van der Waals surface area contributed by atoms with Gasteiger partial charge in [0, 0.05) is 0 Å². The molecule has 14 heavy (non-hydrogen) atoms. The van der Waals surface area contributed by atoms with E-state index in [-0.39, 0.29) is 6.42 Å². The third kappa shape index (κ3) is 7.18. The zero-order valence-electron chi connectivity index (χ0n) is 8.74. The third-order valence-electron chi connectivity index (χ3n) is 2.29. The predicted molar refractivity (Wildman–Crippen MR) is 52.0 cm³/mol. The molecular weight excluding hydrogens is 191 g/mol. The van der Waals surface area contributed by atoms with E-state index in [1.807, 2.05) is 0 Å². The van der Waals surface area contributed by atoms with Crippen molar-refractivity contribution in [1.29, 1.82) is 0 Å². The van der Waals surface area contributed by atoms with Crippen molar-refractivity contribution in [3.8, 4) is 0 Å². The van der Waals surface area contributed by atoms with E-state index >= 15 is 0 Å². The molecule has 0 heterocycles. The Bertz CT molecular complexity index is 134. The standard InChI is InChI=1S/C10H20F3N/c1-2-3-4-5-6-7-8-9(14)10(11,12)13/h9H,2-8,14H2,1H3. The lowest BCUT2D eigenvalue weighted by Gasteiger charge is -2.14. The maximum atomic E-state index is 12.0. The SMILES string of the molecule is CCCCCCCCC(N)C(F)(F)F. The topological polar surface area (TPSA) is 26.0 Å². The Morgan fingerprint density at radius 2 is 1.50 bits per heavy atom. The molecular formula is C10H20F3N. The number of nitrogens with two attached hydrogens (primary N) is 1. The predicted octanol–water partition coefficient (Wildman–Crippen LogP) is 3.63. The first kappa shape index (κ1) is 13.8. The van der Waals surface area contributed by atoms with E-state index < -0.39 is 12.2 Å². The van der Waals surface area contributed by atoms with E-state index in [4.69, 9.17) is 5.73 Å². The molecule has 0 bridgehead atoms. The summed E-state index contributed by atoms with van der Waals surface area (Å²) < 4.78 is 35.9. The number of hydrogen-bond donors (Lipinski definition) is 1. The first-order chi connectivity index (χ1) is 6.48. The van der Waals surface area contributed by atoms with E-state index in [2.05, 4.69) is 6.92 Å². The minimum absolute atomic E-state index is 0.0651. The van der Waals surface area contributed by atoms with Crippen LogP contribution in [0.1, 0.15) is 51.9 Å². The van der Waals surface area contributed by atoms with Gasteiger partial charge in [0.1, 0.15) is 6.04 Å². The summed E-state index contributed by atoms with van der Waals surface area (Å²) in [7, 11) is 0. The Labute approximate surface area is 83.9 Å². The highest BCUT2D eigenvalue weighted by Crippen LogP contribution is 2.22. The highest BCUT2D eigenvalue weighted by Gasteiger charge is 2.35. The first-order valence-electron chi connectivity index (χ1n) is 5.30. The fourth-order valence-electron chi connectivity index (χ4n) is 1.31. The molecule has 0 aromatic rings. The van der Waals surface area contributed by atoms with E-state index in [9.17, 15) is 13.2 Å². The van der Waals surface area contributed by atoms with Crippen LogP contribution in [0.2, 0.25) is 0 Å². The second kappa shape index (κ2) is 7.10. The number of halogens is 3. The molecule has 0 aliphatic carbocycles. The molecule has 0 aromatic carbocycles. The van der Waals surface area contributed by atoms with Crippen molar-refractivity contribution in [3.63, 3.8) is 0 Å². The molecule has 0 aromatic heterocycles. The van der Waals surface area contributed by atoms with Gasteiger partial charge >= 0.3 is 6.18 Å². The molecule has 4 heteroatoms. The summed E-state index contributed by atoms with van der Waals surface area (Å²) >= 11 is 0. The number of unbranched alkanes of at least 4 members (excludes halogenated alkanes) is 5. The van der Waals surface area contributed by atoms with Crippen LogP contribution in [0.4, 0.5) is 13.2 Å². The molecule has 0 radical (unpaired) electrons. The minimum Gasteiger partial charge on any atom is -0.320 e. The Kier molecular flexibility index (Phi) is 6.97. The first-order valence-corrected chi connectivity index (χ1v) is 5.30. The summed E-state index contributed by atoms with van der Waals surface area (Å²) in [5, 5.41) is 0. The molecule has 0 amide bonds. The summed E-state index contributed by atoms with van der Waals surface area (Å²) in [4.78, 5) is 0. The van der Waals surface area contributed by atoms with Gasteiger partial charge in [-0.3, -0.25) is 0 Å². The lowest BCUT2D eigenvalue weighted by atomic mass is 10.1. The molecule has 0 aliphatic heterocycles. The zero-order chi connectivity index (χ0) is 11.0.